The summed E-state index contributed by atoms with van der Waals surface area (Å²) in [6.07, 6.45) is 6.89. The molecule has 0 bridgehead atoms. The second kappa shape index (κ2) is 13.8. The summed E-state index contributed by atoms with van der Waals surface area (Å²) in [6.45, 7) is 7.23. The highest BCUT2D eigenvalue weighted by molar-refractivity contribution is 5.92. The number of fused-ring (bicyclic) bond motifs is 1. The van der Waals surface area contributed by atoms with Crippen LogP contribution in [0.1, 0.15) is 43.4 Å². The number of amides is 2. The SMILES string of the molecule is Cc1ccc2c(N3CCN(CCc4cccc(NC(=O)NC5CCCCC5)c4)CC3)cccc2n1.Cl.Cl. The van der Waals surface area contributed by atoms with Crippen LogP contribution in [0.3, 0.4) is 0 Å². The number of carbonyl (C=O) groups excluding carboxylic acids is 1. The number of nitrogens with one attached hydrogen (secondary N) is 2. The van der Waals surface area contributed by atoms with Gasteiger partial charge in [-0.3, -0.25) is 9.88 Å². The molecule has 37 heavy (non-hydrogen) atoms. The predicted octanol–water partition coefficient (Wildman–Crippen LogP) is 6.21. The van der Waals surface area contributed by atoms with Gasteiger partial charge in [0.2, 0.25) is 0 Å². The first kappa shape index (κ1) is 29.0. The highest BCUT2D eigenvalue weighted by Crippen LogP contribution is 2.27. The van der Waals surface area contributed by atoms with Crippen LogP contribution < -0.4 is 15.5 Å². The standard InChI is InChI=1S/C29H37N5O.2ClH/c1-22-13-14-26-27(30-22)11-6-12-28(26)34-19-17-33(18-20-34)16-15-23-7-5-10-25(21-23)32-29(35)31-24-8-3-2-4-9-24;;/h5-7,10-14,21,24H,2-4,8-9,15-20H2,1H3,(H2,31,32,35);2*1H. The summed E-state index contributed by atoms with van der Waals surface area (Å²) in [5, 5.41) is 7.41. The van der Waals surface area contributed by atoms with Gasteiger partial charge in [-0.15, -0.1) is 24.8 Å². The van der Waals surface area contributed by atoms with Crippen molar-refractivity contribution < 1.29 is 4.79 Å². The average Bonchev–Trinajstić information content (AvgIpc) is 2.88. The summed E-state index contributed by atoms with van der Waals surface area (Å²) in [5.41, 5.74) is 5.56. The minimum absolute atomic E-state index is 0. The Labute approximate surface area is 233 Å². The van der Waals surface area contributed by atoms with Gasteiger partial charge in [0, 0.05) is 61.2 Å². The third-order valence-electron chi connectivity index (χ3n) is 7.40. The van der Waals surface area contributed by atoms with E-state index in [1.807, 2.05) is 19.1 Å². The first-order valence-electron chi connectivity index (χ1n) is 13.1. The lowest BCUT2D eigenvalue weighted by atomic mass is 9.96. The highest BCUT2D eigenvalue weighted by atomic mass is 35.5. The van der Waals surface area contributed by atoms with Crippen molar-refractivity contribution >= 4 is 53.1 Å². The van der Waals surface area contributed by atoms with Crippen molar-refractivity contribution in [3.8, 4) is 0 Å². The molecule has 0 unspecified atom stereocenters. The lowest BCUT2D eigenvalue weighted by Crippen LogP contribution is -2.47. The van der Waals surface area contributed by atoms with E-state index in [1.54, 1.807) is 0 Å². The number of anilines is 2. The minimum atomic E-state index is -0.0797. The van der Waals surface area contributed by atoms with Gasteiger partial charge in [-0.25, -0.2) is 4.79 Å². The summed E-state index contributed by atoms with van der Waals surface area (Å²) < 4.78 is 0. The Morgan fingerprint density at radius 3 is 2.49 bits per heavy atom. The van der Waals surface area contributed by atoms with Crippen molar-refractivity contribution in [3.05, 3.63) is 65.9 Å². The number of piperazine rings is 1. The van der Waals surface area contributed by atoms with Gasteiger partial charge in [-0.05, 0) is 68.1 Å². The molecule has 1 saturated heterocycles. The van der Waals surface area contributed by atoms with Crippen LogP contribution in [0, 0.1) is 6.92 Å². The van der Waals surface area contributed by atoms with Gasteiger partial charge in [0.1, 0.15) is 0 Å². The number of urea groups is 1. The Morgan fingerprint density at radius 1 is 0.946 bits per heavy atom. The minimum Gasteiger partial charge on any atom is -0.368 e. The molecule has 0 radical (unpaired) electrons. The molecule has 8 heteroatoms. The van der Waals surface area contributed by atoms with Crippen LogP contribution in [-0.4, -0.2) is 54.7 Å². The number of aromatic nitrogens is 1. The largest absolute Gasteiger partial charge is 0.368 e. The zero-order valence-electron chi connectivity index (χ0n) is 21.6. The van der Waals surface area contributed by atoms with Crippen molar-refractivity contribution in [1.29, 1.82) is 0 Å². The van der Waals surface area contributed by atoms with Gasteiger partial charge in [0.25, 0.3) is 0 Å². The molecule has 2 N–H and O–H groups in total. The first-order chi connectivity index (χ1) is 17.1. The van der Waals surface area contributed by atoms with Crippen molar-refractivity contribution in [2.45, 2.75) is 51.5 Å². The molecule has 0 atom stereocenters. The topological polar surface area (TPSA) is 60.5 Å². The average molecular weight is 545 g/mol. The third-order valence-corrected chi connectivity index (χ3v) is 7.40. The van der Waals surface area contributed by atoms with E-state index in [4.69, 9.17) is 4.98 Å². The molecule has 2 heterocycles. The number of pyridine rings is 1. The summed E-state index contributed by atoms with van der Waals surface area (Å²) in [6, 6.07) is 19.3. The molecule has 6 nitrogen and oxygen atoms in total. The number of halogens is 2. The normalized spacial score (nSPS) is 16.5. The molecular weight excluding hydrogens is 505 g/mol. The monoisotopic (exact) mass is 543 g/mol. The van der Waals surface area contributed by atoms with Crippen LogP contribution in [0.2, 0.25) is 0 Å². The number of rotatable bonds is 6. The van der Waals surface area contributed by atoms with E-state index in [2.05, 4.69) is 62.9 Å². The zero-order chi connectivity index (χ0) is 24.0. The Bertz CT molecular complexity index is 1160. The van der Waals surface area contributed by atoms with E-state index in [1.165, 1.54) is 35.9 Å². The Hall–Kier alpha value is -2.54. The number of carbonyl (C=O) groups is 1. The van der Waals surface area contributed by atoms with Crippen molar-refractivity contribution in [3.63, 3.8) is 0 Å². The van der Waals surface area contributed by atoms with Gasteiger partial charge in [-0.1, -0.05) is 37.5 Å². The number of hydrogen-bond donors (Lipinski definition) is 2. The second-order valence-electron chi connectivity index (χ2n) is 10.0. The fourth-order valence-corrected chi connectivity index (χ4v) is 5.42. The van der Waals surface area contributed by atoms with Crippen LogP contribution in [-0.2, 0) is 6.42 Å². The molecule has 1 aliphatic heterocycles. The van der Waals surface area contributed by atoms with Crippen molar-refractivity contribution in [2.24, 2.45) is 0 Å². The molecule has 1 aliphatic carbocycles. The maximum absolute atomic E-state index is 12.4. The summed E-state index contributed by atoms with van der Waals surface area (Å²) in [5.74, 6) is 0. The van der Waals surface area contributed by atoms with Crippen LogP contribution in [0.25, 0.3) is 10.9 Å². The Balaban J connectivity index is 0.00000190. The van der Waals surface area contributed by atoms with E-state index >= 15 is 0 Å². The van der Waals surface area contributed by atoms with Gasteiger partial charge in [0.05, 0.1) is 5.52 Å². The predicted molar refractivity (Wildman–Crippen MR) is 159 cm³/mol. The lowest BCUT2D eigenvalue weighted by molar-refractivity contribution is 0.244. The van der Waals surface area contributed by atoms with E-state index < -0.39 is 0 Å². The molecule has 2 amide bonds. The van der Waals surface area contributed by atoms with Crippen molar-refractivity contribution in [1.82, 2.24) is 15.2 Å². The van der Waals surface area contributed by atoms with Crippen molar-refractivity contribution in [2.75, 3.05) is 42.9 Å². The van der Waals surface area contributed by atoms with Crippen LogP contribution in [0.15, 0.2) is 54.6 Å². The van der Waals surface area contributed by atoms with E-state index in [0.717, 1.165) is 68.9 Å². The third kappa shape index (κ3) is 7.73. The van der Waals surface area contributed by atoms with Gasteiger partial charge in [-0.2, -0.15) is 0 Å². The summed E-state index contributed by atoms with van der Waals surface area (Å²) in [7, 11) is 0. The number of nitrogens with zero attached hydrogens (tertiary/aromatic N) is 3. The van der Waals surface area contributed by atoms with E-state index in [-0.39, 0.29) is 30.8 Å². The Morgan fingerprint density at radius 2 is 1.70 bits per heavy atom. The summed E-state index contributed by atoms with van der Waals surface area (Å²) >= 11 is 0. The van der Waals surface area contributed by atoms with Gasteiger partial charge < -0.3 is 15.5 Å². The number of aryl methyl sites for hydroxylation is 1. The molecular formula is C29H39Cl2N5O. The quantitative estimate of drug-likeness (QED) is 0.388. The van der Waals surface area contributed by atoms with Gasteiger partial charge in [0.15, 0.2) is 0 Å². The number of hydrogen-bond acceptors (Lipinski definition) is 4. The van der Waals surface area contributed by atoms with E-state index in [9.17, 15) is 4.79 Å². The molecule has 5 rings (SSSR count). The number of benzene rings is 2. The fourth-order valence-electron chi connectivity index (χ4n) is 5.42. The van der Waals surface area contributed by atoms with Gasteiger partial charge >= 0.3 is 6.03 Å². The maximum Gasteiger partial charge on any atom is 0.319 e. The molecule has 2 aliphatic rings. The molecule has 3 aromatic rings. The molecule has 0 spiro atoms. The van der Waals surface area contributed by atoms with E-state index in [0.29, 0.717) is 6.04 Å². The molecule has 1 saturated carbocycles. The smallest absolute Gasteiger partial charge is 0.319 e. The molecule has 1 aromatic heterocycles. The molecule has 2 aromatic carbocycles. The lowest BCUT2D eigenvalue weighted by Gasteiger charge is -2.36. The zero-order valence-corrected chi connectivity index (χ0v) is 23.3. The fraction of sp³-hybridized carbons (Fsp3) is 0.448. The molecule has 2 fully saturated rings. The maximum atomic E-state index is 12.4. The van der Waals surface area contributed by atoms with Crippen LogP contribution in [0.4, 0.5) is 16.2 Å². The van der Waals surface area contributed by atoms with Crippen LogP contribution >= 0.6 is 24.8 Å². The first-order valence-corrected chi connectivity index (χ1v) is 13.1. The Kier molecular flexibility index (Phi) is 10.9. The summed E-state index contributed by atoms with van der Waals surface area (Å²) in [4.78, 5) is 22.1. The highest BCUT2D eigenvalue weighted by Gasteiger charge is 2.19. The second-order valence-corrected chi connectivity index (χ2v) is 10.0. The van der Waals surface area contributed by atoms with Crippen LogP contribution in [0.5, 0.6) is 0 Å². The molecule has 200 valence electrons.